The van der Waals surface area contributed by atoms with Crippen molar-refractivity contribution in [2.45, 2.75) is 0 Å². The summed E-state index contributed by atoms with van der Waals surface area (Å²) in [5.41, 5.74) is 8.52. The monoisotopic (exact) mass is 268 g/mol. The highest BCUT2D eigenvalue weighted by Crippen LogP contribution is 2.07. The molecular weight excluding hydrogens is 256 g/mol. The summed E-state index contributed by atoms with van der Waals surface area (Å²) in [5.74, 6) is 11.6. The van der Waals surface area contributed by atoms with E-state index in [4.69, 9.17) is 11.0 Å². The number of para-hydroxylation sites is 1. The summed E-state index contributed by atoms with van der Waals surface area (Å²) >= 11 is 0. The van der Waals surface area contributed by atoms with Crippen molar-refractivity contribution in [3.63, 3.8) is 0 Å². The molecule has 0 atom stereocenters. The molecule has 0 aromatic heterocycles. The van der Waals surface area contributed by atoms with Gasteiger partial charge >= 0.3 is 0 Å². The van der Waals surface area contributed by atoms with Gasteiger partial charge in [-0.3, -0.25) is 0 Å². The number of hydrogen-bond acceptors (Lipinski definition) is 2. The second-order valence-electron chi connectivity index (χ2n) is 4.12. The Kier molecular flexibility index (Phi) is 4.83. The topological polar surface area (TPSA) is 49.8 Å². The molecule has 0 aliphatic carbocycles. The van der Waals surface area contributed by atoms with Crippen LogP contribution in [0.3, 0.4) is 0 Å². The van der Waals surface area contributed by atoms with Crippen molar-refractivity contribution in [2.24, 2.45) is 0 Å². The molecule has 0 saturated heterocycles. The number of nitrogens with zero attached hydrogens (tertiary/aromatic N) is 1. The first-order valence-electron chi connectivity index (χ1n) is 6.33. The van der Waals surface area contributed by atoms with Gasteiger partial charge in [-0.2, -0.15) is 5.26 Å². The molecule has 2 heteroatoms. The van der Waals surface area contributed by atoms with Gasteiger partial charge in [-0.25, -0.2) is 0 Å². The van der Waals surface area contributed by atoms with Crippen LogP contribution >= 0.6 is 0 Å². The van der Waals surface area contributed by atoms with E-state index in [1.54, 1.807) is 18.2 Å². The third-order valence-corrected chi connectivity index (χ3v) is 2.67. The third kappa shape index (κ3) is 4.03. The van der Waals surface area contributed by atoms with Crippen molar-refractivity contribution in [2.75, 3.05) is 5.73 Å². The van der Waals surface area contributed by atoms with Crippen LogP contribution in [0.2, 0.25) is 0 Å². The van der Waals surface area contributed by atoms with Gasteiger partial charge in [0, 0.05) is 16.8 Å². The van der Waals surface area contributed by atoms with Crippen LogP contribution in [0.4, 0.5) is 5.69 Å². The van der Waals surface area contributed by atoms with Crippen LogP contribution in [0, 0.1) is 35.0 Å². The minimum atomic E-state index is 0.571. The Hall–Kier alpha value is -3.41. The highest BCUT2D eigenvalue weighted by atomic mass is 14.5. The molecule has 0 unspecified atom stereocenters. The molecule has 0 heterocycles. The molecular formula is C19H12N2. The zero-order valence-corrected chi connectivity index (χ0v) is 11.3. The summed E-state index contributed by atoms with van der Waals surface area (Å²) < 4.78 is 0. The molecule has 2 rings (SSSR count). The molecule has 0 radical (unpaired) electrons. The summed E-state index contributed by atoms with van der Waals surface area (Å²) in [6, 6.07) is 16.8. The second kappa shape index (κ2) is 7.25. The van der Waals surface area contributed by atoms with Gasteiger partial charge in [0.2, 0.25) is 0 Å². The smallest absolute Gasteiger partial charge is 0.100 e. The van der Waals surface area contributed by atoms with Crippen molar-refractivity contribution in [3.8, 4) is 29.8 Å². The molecule has 0 saturated carbocycles. The summed E-state index contributed by atoms with van der Waals surface area (Å²) in [7, 11) is 0. The maximum Gasteiger partial charge on any atom is 0.100 e. The zero-order chi connectivity index (χ0) is 14.9. The highest BCUT2D eigenvalue weighted by Gasteiger charge is 1.94. The van der Waals surface area contributed by atoms with Crippen LogP contribution in [0.25, 0.3) is 0 Å². The molecule has 0 aliphatic rings. The standard InChI is InChI=1S/C19H12N2/c20-15-18-13-6-5-10-16(18)9-3-1-2-4-11-17-12-7-8-14-19(17)21/h1-2,5-8,10,12-14H,21H2/b2-1-. The van der Waals surface area contributed by atoms with Gasteiger partial charge in [0.15, 0.2) is 0 Å². The highest BCUT2D eigenvalue weighted by molar-refractivity contribution is 5.56. The molecule has 2 aromatic rings. The van der Waals surface area contributed by atoms with Crippen LogP contribution in [0.1, 0.15) is 16.7 Å². The molecule has 0 fully saturated rings. The lowest BCUT2D eigenvalue weighted by atomic mass is 10.1. The fourth-order valence-corrected chi connectivity index (χ4v) is 1.62. The first kappa shape index (κ1) is 14.0. The van der Waals surface area contributed by atoms with E-state index in [0.29, 0.717) is 16.8 Å². The first-order valence-corrected chi connectivity index (χ1v) is 6.33. The van der Waals surface area contributed by atoms with E-state index in [9.17, 15) is 0 Å². The number of anilines is 1. The minimum Gasteiger partial charge on any atom is -0.398 e. The van der Waals surface area contributed by atoms with E-state index in [1.807, 2.05) is 42.5 Å². The Morgan fingerprint density at radius 2 is 1.29 bits per heavy atom. The van der Waals surface area contributed by atoms with Crippen molar-refractivity contribution in [1.82, 2.24) is 0 Å². The van der Waals surface area contributed by atoms with Crippen LogP contribution in [0.15, 0.2) is 60.7 Å². The van der Waals surface area contributed by atoms with E-state index in [2.05, 4.69) is 29.8 Å². The average Bonchev–Trinajstić information content (AvgIpc) is 2.52. The van der Waals surface area contributed by atoms with Crippen molar-refractivity contribution >= 4 is 5.69 Å². The molecule has 2 aromatic carbocycles. The summed E-state index contributed by atoms with van der Waals surface area (Å²) in [6.45, 7) is 0. The molecule has 2 nitrogen and oxygen atoms in total. The van der Waals surface area contributed by atoms with Crippen LogP contribution in [-0.4, -0.2) is 0 Å². The second-order valence-corrected chi connectivity index (χ2v) is 4.12. The Morgan fingerprint density at radius 3 is 1.90 bits per heavy atom. The number of allylic oxidation sites excluding steroid dienone is 2. The van der Waals surface area contributed by atoms with Crippen molar-refractivity contribution in [3.05, 3.63) is 77.4 Å². The Balaban J connectivity index is 2.07. The SMILES string of the molecule is N#Cc1ccccc1C#C/C=C\C#Cc1ccccc1N. The molecule has 2 N–H and O–H groups in total. The van der Waals surface area contributed by atoms with Gasteiger partial charge in [-0.1, -0.05) is 47.9 Å². The maximum absolute atomic E-state index is 8.94. The first-order chi connectivity index (χ1) is 10.3. The Morgan fingerprint density at radius 1 is 0.762 bits per heavy atom. The number of benzene rings is 2. The molecule has 0 amide bonds. The van der Waals surface area contributed by atoms with Gasteiger partial charge in [-0.05, 0) is 36.4 Å². The van der Waals surface area contributed by atoms with Gasteiger partial charge < -0.3 is 5.73 Å². The van der Waals surface area contributed by atoms with E-state index in [-0.39, 0.29) is 0 Å². The van der Waals surface area contributed by atoms with E-state index in [0.717, 1.165) is 5.56 Å². The quantitative estimate of drug-likeness (QED) is 0.589. The van der Waals surface area contributed by atoms with Gasteiger partial charge in [-0.15, -0.1) is 0 Å². The predicted molar refractivity (Wildman–Crippen MR) is 84.9 cm³/mol. The van der Waals surface area contributed by atoms with Crippen LogP contribution in [0.5, 0.6) is 0 Å². The number of nitriles is 1. The lowest BCUT2D eigenvalue weighted by Gasteiger charge is -1.93. The van der Waals surface area contributed by atoms with Crippen LogP contribution < -0.4 is 5.73 Å². The summed E-state index contributed by atoms with van der Waals surface area (Å²) in [4.78, 5) is 0. The Bertz CT molecular complexity index is 831. The summed E-state index contributed by atoms with van der Waals surface area (Å²) in [5, 5.41) is 8.94. The van der Waals surface area contributed by atoms with E-state index >= 15 is 0 Å². The van der Waals surface area contributed by atoms with Gasteiger partial charge in [0.1, 0.15) is 6.07 Å². The fraction of sp³-hybridized carbons (Fsp3) is 0. The minimum absolute atomic E-state index is 0.571. The molecule has 0 spiro atoms. The number of hydrogen-bond donors (Lipinski definition) is 1. The third-order valence-electron chi connectivity index (χ3n) is 2.67. The average molecular weight is 268 g/mol. The normalized spacial score (nSPS) is 9.10. The lowest BCUT2D eigenvalue weighted by Crippen LogP contribution is -1.87. The van der Waals surface area contributed by atoms with Crippen molar-refractivity contribution in [1.29, 1.82) is 5.26 Å². The van der Waals surface area contributed by atoms with Crippen LogP contribution in [-0.2, 0) is 0 Å². The number of nitrogens with two attached hydrogens (primary N) is 1. The fourth-order valence-electron chi connectivity index (χ4n) is 1.62. The van der Waals surface area contributed by atoms with Gasteiger partial charge in [0.05, 0.1) is 5.56 Å². The van der Waals surface area contributed by atoms with E-state index in [1.165, 1.54) is 0 Å². The largest absolute Gasteiger partial charge is 0.398 e. The zero-order valence-electron chi connectivity index (χ0n) is 11.3. The van der Waals surface area contributed by atoms with Crippen molar-refractivity contribution < 1.29 is 0 Å². The number of nitrogen functional groups attached to an aromatic ring is 1. The Labute approximate surface area is 124 Å². The predicted octanol–water partition coefficient (Wildman–Crippen LogP) is 3.10. The molecule has 0 bridgehead atoms. The maximum atomic E-state index is 8.94. The molecule has 98 valence electrons. The summed E-state index contributed by atoms with van der Waals surface area (Å²) in [6.07, 6.45) is 3.31. The van der Waals surface area contributed by atoms with Gasteiger partial charge in [0.25, 0.3) is 0 Å². The van der Waals surface area contributed by atoms with E-state index < -0.39 is 0 Å². The molecule has 0 aliphatic heterocycles. The number of rotatable bonds is 0. The lowest BCUT2D eigenvalue weighted by molar-refractivity contribution is 1.47. The molecule has 21 heavy (non-hydrogen) atoms.